The van der Waals surface area contributed by atoms with Crippen LogP contribution in [0.3, 0.4) is 0 Å². The van der Waals surface area contributed by atoms with Crippen LogP contribution in [0.15, 0.2) is 36.4 Å². The molecule has 1 spiro atoms. The molecule has 170 valence electrons. The standard InChI is InChI=1S/C24H28N2O6/c1-3-31-23(29)15-9-12-25(13-10-15)21(27)19-18-8-11-24(32-18)14-26(22(28)20(19)24)16-4-6-17(30-2)7-5-16/h4-8,11,15,18-20H,3,9-10,12-14H2,1-2H3/t18-,19+,20-,24+/m1/s1. The average molecular weight is 440 g/mol. The largest absolute Gasteiger partial charge is 0.497 e. The molecule has 8 heteroatoms. The molecule has 0 unspecified atom stereocenters. The second-order valence-corrected chi connectivity index (χ2v) is 8.87. The van der Waals surface area contributed by atoms with Crippen LogP contribution < -0.4 is 9.64 Å². The zero-order valence-electron chi connectivity index (χ0n) is 18.4. The van der Waals surface area contributed by atoms with E-state index in [2.05, 4.69) is 0 Å². The quantitative estimate of drug-likeness (QED) is 0.513. The van der Waals surface area contributed by atoms with Gasteiger partial charge in [-0.15, -0.1) is 0 Å². The van der Waals surface area contributed by atoms with E-state index in [4.69, 9.17) is 14.2 Å². The smallest absolute Gasteiger partial charge is 0.309 e. The number of methoxy groups -OCH3 is 1. The Morgan fingerprint density at radius 3 is 2.56 bits per heavy atom. The van der Waals surface area contributed by atoms with Gasteiger partial charge in [0.2, 0.25) is 11.8 Å². The van der Waals surface area contributed by atoms with Crippen LogP contribution in [0.1, 0.15) is 19.8 Å². The Morgan fingerprint density at radius 2 is 1.91 bits per heavy atom. The van der Waals surface area contributed by atoms with Crippen LogP contribution in [0, 0.1) is 17.8 Å². The number of carbonyl (C=O) groups is 3. The topological polar surface area (TPSA) is 85.4 Å². The summed E-state index contributed by atoms with van der Waals surface area (Å²) in [5, 5.41) is 0. The van der Waals surface area contributed by atoms with Gasteiger partial charge in [-0.1, -0.05) is 12.2 Å². The molecule has 3 fully saturated rings. The molecule has 2 amide bonds. The van der Waals surface area contributed by atoms with Gasteiger partial charge < -0.3 is 24.0 Å². The fraction of sp³-hybridized carbons (Fsp3) is 0.542. The molecular formula is C24H28N2O6. The van der Waals surface area contributed by atoms with Gasteiger partial charge in [0.25, 0.3) is 0 Å². The molecule has 0 N–H and O–H groups in total. The molecule has 1 aromatic rings. The highest BCUT2D eigenvalue weighted by Crippen LogP contribution is 2.53. The SMILES string of the molecule is CCOC(=O)C1CCN(C(=O)[C@H]2[C@H]3C=C[C@@]4(CN(c5ccc(OC)cc5)C(=O)[C@@H]24)O3)CC1. The summed E-state index contributed by atoms with van der Waals surface area (Å²) in [5.74, 6) is -0.842. The molecule has 8 nitrogen and oxygen atoms in total. The van der Waals surface area contributed by atoms with Gasteiger partial charge in [-0.3, -0.25) is 14.4 Å². The highest BCUT2D eigenvalue weighted by Gasteiger charge is 2.67. The second kappa shape index (κ2) is 7.92. The van der Waals surface area contributed by atoms with E-state index in [-0.39, 0.29) is 29.8 Å². The highest BCUT2D eigenvalue weighted by atomic mass is 16.5. The molecule has 3 saturated heterocycles. The van der Waals surface area contributed by atoms with Crippen molar-refractivity contribution in [2.24, 2.45) is 17.8 Å². The fourth-order valence-corrected chi connectivity index (χ4v) is 5.57. The lowest BCUT2D eigenvalue weighted by Crippen LogP contribution is -2.49. The van der Waals surface area contributed by atoms with Gasteiger partial charge in [0.15, 0.2) is 0 Å². The number of esters is 1. The van der Waals surface area contributed by atoms with Crippen LogP contribution >= 0.6 is 0 Å². The molecule has 2 bridgehead atoms. The van der Waals surface area contributed by atoms with Gasteiger partial charge in [0.1, 0.15) is 11.4 Å². The maximum Gasteiger partial charge on any atom is 0.309 e. The van der Waals surface area contributed by atoms with E-state index in [0.717, 1.165) is 11.4 Å². The van der Waals surface area contributed by atoms with E-state index >= 15 is 0 Å². The molecule has 4 heterocycles. The normalized spacial score (nSPS) is 31.2. The summed E-state index contributed by atoms with van der Waals surface area (Å²) in [7, 11) is 1.60. The van der Waals surface area contributed by atoms with Crippen molar-refractivity contribution in [2.75, 3.05) is 38.3 Å². The van der Waals surface area contributed by atoms with Gasteiger partial charge >= 0.3 is 5.97 Å². The summed E-state index contributed by atoms with van der Waals surface area (Å²) in [5.41, 5.74) is 0.00658. The summed E-state index contributed by atoms with van der Waals surface area (Å²) in [6.07, 6.45) is 4.67. The fourth-order valence-electron chi connectivity index (χ4n) is 5.57. The Bertz CT molecular complexity index is 952. The molecule has 0 aromatic heterocycles. The third kappa shape index (κ3) is 3.20. The number of ether oxygens (including phenoxy) is 3. The lowest BCUT2D eigenvalue weighted by Gasteiger charge is -2.34. The maximum atomic E-state index is 13.5. The summed E-state index contributed by atoms with van der Waals surface area (Å²) in [6.45, 7) is 3.53. The zero-order chi connectivity index (χ0) is 22.5. The molecule has 4 aliphatic rings. The molecular weight excluding hydrogens is 412 g/mol. The number of rotatable bonds is 5. The molecule has 0 saturated carbocycles. The van der Waals surface area contributed by atoms with E-state index in [1.807, 2.05) is 36.4 Å². The average Bonchev–Trinajstić information content (AvgIpc) is 3.47. The number of hydrogen-bond acceptors (Lipinski definition) is 6. The van der Waals surface area contributed by atoms with Gasteiger partial charge in [-0.25, -0.2) is 0 Å². The van der Waals surface area contributed by atoms with Crippen LogP contribution in [0.5, 0.6) is 5.75 Å². The van der Waals surface area contributed by atoms with Crippen molar-refractivity contribution >= 4 is 23.5 Å². The first-order valence-corrected chi connectivity index (χ1v) is 11.3. The van der Waals surface area contributed by atoms with Gasteiger partial charge in [-0.2, -0.15) is 0 Å². The molecule has 0 aliphatic carbocycles. The predicted molar refractivity (Wildman–Crippen MR) is 115 cm³/mol. The number of likely N-dealkylation sites (tertiary alicyclic amines) is 1. The Balaban J connectivity index is 1.32. The Labute approximate surface area is 187 Å². The second-order valence-electron chi connectivity index (χ2n) is 8.87. The number of benzene rings is 1. The number of carbonyl (C=O) groups excluding carboxylic acids is 3. The van der Waals surface area contributed by atoms with Crippen LogP contribution in [0.4, 0.5) is 5.69 Å². The van der Waals surface area contributed by atoms with Gasteiger partial charge in [0, 0.05) is 18.8 Å². The van der Waals surface area contributed by atoms with Crippen LogP contribution in [-0.2, 0) is 23.9 Å². The summed E-state index contributed by atoms with van der Waals surface area (Å²) >= 11 is 0. The van der Waals surface area contributed by atoms with Crippen molar-refractivity contribution in [3.8, 4) is 5.75 Å². The predicted octanol–water partition coefficient (Wildman–Crippen LogP) is 1.78. The van der Waals surface area contributed by atoms with Crippen molar-refractivity contribution in [3.05, 3.63) is 36.4 Å². The van der Waals surface area contributed by atoms with Crippen molar-refractivity contribution in [1.82, 2.24) is 4.90 Å². The molecule has 5 rings (SSSR count). The van der Waals surface area contributed by atoms with E-state index in [1.165, 1.54) is 0 Å². The summed E-state index contributed by atoms with van der Waals surface area (Å²) in [6, 6.07) is 7.33. The number of amides is 2. The lowest BCUT2D eigenvalue weighted by molar-refractivity contribution is -0.152. The van der Waals surface area contributed by atoms with E-state index in [0.29, 0.717) is 39.1 Å². The first-order chi connectivity index (χ1) is 15.5. The number of fused-ring (bicyclic) bond motifs is 1. The number of anilines is 1. The summed E-state index contributed by atoms with van der Waals surface area (Å²) < 4.78 is 16.6. The maximum absolute atomic E-state index is 13.5. The first kappa shape index (κ1) is 21.0. The molecule has 0 radical (unpaired) electrons. The highest BCUT2D eigenvalue weighted by molar-refractivity contribution is 6.03. The lowest BCUT2D eigenvalue weighted by atomic mass is 9.76. The van der Waals surface area contributed by atoms with Crippen LogP contribution in [0.25, 0.3) is 0 Å². The zero-order valence-corrected chi connectivity index (χ0v) is 18.4. The van der Waals surface area contributed by atoms with Crippen molar-refractivity contribution < 1.29 is 28.6 Å². The number of piperidine rings is 1. The van der Waals surface area contributed by atoms with E-state index in [1.54, 1.807) is 23.8 Å². The Kier molecular flexibility index (Phi) is 5.20. The Hall–Kier alpha value is -2.87. The van der Waals surface area contributed by atoms with Crippen molar-refractivity contribution in [3.63, 3.8) is 0 Å². The van der Waals surface area contributed by atoms with Crippen molar-refractivity contribution in [1.29, 1.82) is 0 Å². The van der Waals surface area contributed by atoms with E-state index < -0.39 is 17.4 Å². The first-order valence-electron chi connectivity index (χ1n) is 11.3. The molecule has 1 aromatic carbocycles. The van der Waals surface area contributed by atoms with Gasteiger partial charge in [0.05, 0.1) is 44.1 Å². The van der Waals surface area contributed by atoms with E-state index in [9.17, 15) is 14.4 Å². The third-order valence-electron chi connectivity index (χ3n) is 7.20. The molecule has 4 atom stereocenters. The molecule has 4 aliphatic heterocycles. The third-order valence-corrected chi connectivity index (χ3v) is 7.20. The molecule has 32 heavy (non-hydrogen) atoms. The van der Waals surface area contributed by atoms with Crippen molar-refractivity contribution in [2.45, 2.75) is 31.5 Å². The van der Waals surface area contributed by atoms with Crippen LogP contribution in [-0.4, -0.2) is 67.7 Å². The minimum atomic E-state index is -0.759. The van der Waals surface area contributed by atoms with Crippen LogP contribution in [0.2, 0.25) is 0 Å². The Morgan fingerprint density at radius 1 is 1.19 bits per heavy atom. The summed E-state index contributed by atoms with van der Waals surface area (Å²) in [4.78, 5) is 42.5. The van der Waals surface area contributed by atoms with Gasteiger partial charge in [-0.05, 0) is 44.0 Å². The number of hydrogen-bond donors (Lipinski definition) is 0. The minimum Gasteiger partial charge on any atom is -0.497 e. The minimum absolute atomic E-state index is 0.0570. The monoisotopic (exact) mass is 440 g/mol. The number of nitrogens with zero attached hydrogens (tertiary/aromatic N) is 2.